The number of benzene rings is 1. The molecule has 1 aromatic rings. The first kappa shape index (κ1) is 15.5. The third-order valence-electron chi connectivity index (χ3n) is 2.18. The molecule has 20 heavy (non-hydrogen) atoms. The van der Waals surface area contributed by atoms with Crippen LogP contribution >= 0.6 is 0 Å². The molecule has 0 aromatic heterocycles. The van der Waals surface area contributed by atoms with E-state index in [1.165, 1.54) is 0 Å². The number of hydrazone groups is 1. The Balaban J connectivity index is 2.95. The van der Waals surface area contributed by atoms with Crippen LogP contribution in [-0.4, -0.2) is 26.2 Å². The van der Waals surface area contributed by atoms with Crippen molar-refractivity contribution >= 4 is 32.9 Å². The third-order valence-corrected chi connectivity index (χ3v) is 2.79. The van der Waals surface area contributed by atoms with Crippen molar-refractivity contribution in [1.82, 2.24) is 0 Å². The van der Waals surface area contributed by atoms with Gasteiger partial charge < -0.3 is 5.73 Å². The summed E-state index contributed by atoms with van der Waals surface area (Å²) in [6.07, 6.45) is 1.06. The molecule has 0 aliphatic rings. The Labute approximate surface area is 116 Å². The number of nitrogens with zero attached hydrogens (tertiary/aromatic N) is 2. The van der Waals surface area contributed by atoms with Crippen LogP contribution in [0.1, 0.15) is 5.56 Å². The molecule has 5 N–H and O–H groups in total. The first-order valence-electron chi connectivity index (χ1n) is 5.39. The van der Waals surface area contributed by atoms with E-state index in [1.54, 1.807) is 31.2 Å². The van der Waals surface area contributed by atoms with Crippen LogP contribution < -0.4 is 15.9 Å². The third kappa shape index (κ3) is 4.58. The van der Waals surface area contributed by atoms with Crippen LogP contribution in [0.15, 0.2) is 23.3 Å². The Morgan fingerprint density at radius 3 is 2.60 bits per heavy atom. The maximum absolute atomic E-state index is 11.1. The van der Waals surface area contributed by atoms with Crippen molar-refractivity contribution in [2.75, 3.05) is 16.4 Å². The highest BCUT2D eigenvalue weighted by Crippen LogP contribution is 2.20. The molecule has 0 bridgehead atoms. The highest BCUT2D eigenvalue weighted by Gasteiger charge is 2.05. The molecule has 0 spiro atoms. The molecule has 0 aliphatic carbocycles. The highest BCUT2D eigenvalue weighted by molar-refractivity contribution is 7.92. The zero-order chi connectivity index (χ0) is 15.3. The molecule has 0 unspecified atom stereocenters. The first-order valence-corrected chi connectivity index (χ1v) is 7.28. The summed E-state index contributed by atoms with van der Waals surface area (Å²) in [6, 6.07) is 6.44. The standard InChI is InChI=1S/C11H14N6O2S/c1-7-5-8(17-20(2,18)19)3-4-9(7)15-16-10(6-12)11(13)14/h3-5,15,17H,1-2H3,(H3,13,14)/b16-10+. The normalized spacial score (nSPS) is 11.6. The Bertz CT molecular complexity index is 702. The summed E-state index contributed by atoms with van der Waals surface area (Å²) < 4.78 is 24.6. The van der Waals surface area contributed by atoms with Gasteiger partial charge in [-0.1, -0.05) is 0 Å². The number of nitrogens with two attached hydrogens (primary N) is 1. The second-order valence-corrected chi connectivity index (χ2v) is 5.75. The Morgan fingerprint density at radius 2 is 2.15 bits per heavy atom. The van der Waals surface area contributed by atoms with E-state index in [9.17, 15) is 8.42 Å². The van der Waals surface area contributed by atoms with E-state index in [4.69, 9.17) is 16.4 Å². The summed E-state index contributed by atoms with van der Waals surface area (Å²) in [5.41, 5.74) is 9.23. The van der Waals surface area contributed by atoms with E-state index in [0.717, 1.165) is 6.26 Å². The average Bonchev–Trinajstić information content (AvgIpc) is 2.29. The smallest absolute Gasteiger partial charge is 0.229 e. The van der Waals surface area contributed by atoms with Gasteiger partial charge in [0.1, 0.15) is 6.07 Å². The van der Waals surface area contributed by atoms with Gasteiger partial charge >= 0.3 is 0 Å². The molecule has 0 fully saturated rings. The van der Waals surface area contributed by atoms with Gasteiger partial charge in [0.05, 0.1) is 11.9 Å². The molecule has 0 saturated heterocycles. The molecule has 0 heterocycles. The van der Waals surface area contributed by atoms with E-state index >= 15 is 0 Å². The molecule has 1 aromatic carbocycles. The average molecular weight is 294 g/mol. The summed E-state index contributed by atoms with van der Waals surface area (Å²) >= 11 is 0. The number of rotatable bonds is 5. The summed E-state index contributed by atoms with van der Waals surface area (Å²) in [7, 11) is -3.33. The van der Waals surface area contributed by atoms with Crippen LogP contribution in [0, 0.1) is 23.7 Å². The van der Waals surface area contributed by atoms with Gasteiger partial charge in [-0.3, -0.25) is 15.6 Å². The van der Waals surface area contributed by atoms with Crippen molar-refractivity contribution in [2.45, 2.75) is 6.92 Å². The molecular weight excluding hydrogens is 280 g/mol. The number of nitriles is 1. The Hall–Kier alpha value is -2.60. The number of hydrogen-bond acceptors (Lipinski definition) is 6. The number of anilines is 2. The van der Waals surface area contributed by atoms with E-state index in [1.807, 2.05) is 0 Å². The SMILES string of the molecule is Cc1cc(NS(C)(=O)=O)ccc1N/N=C(\C#N)C(=N)N. The van der Waals surface area contributed by atoms with Crippen molar-refractivity contribution in [3.05, 3.63) is 23.8 Å². The minimum Gasteiger partial charge on any atom is -0.382 e. The molecule has 8 nitrogen and oxygen atoms in total. The fourth-order valence-electron chi connectivity index (χ4n) is 1.33. The Kier molecular flexibility index (Phi) is 4.66. The van der Waals surface area contributed by atoms with Crippen LogP contribution in [0.2, 0.25) is 0 Å². The predicted octanol–water partition coefficient (Wildman–Crippen LogP) is 0.594. The first-order chi connectivity index (χ1) is 9.23. The number of hydrogen-bond donors (Lipinski definition) is 4. The molecule has 0 amide bonds. The molecule has 9 heteroatoms. The number of nitrogens with one attached hydrogen (secondary N) is 3. The lowest BCUT2D eigenvalue weighted by atomic mass is 10.2. The number of amidine groups is 1. The quantitative estimate of drug-likeness (QED) is 0.357. The lowest BCUT2D eigenvalue weighted by Crippen LogP contribution is -2.22. The van der Waals surface area contributed by atoms with Crippen molar-refractivity contribution in [3.8, 4) is 6.07 Å². The predicted molar refractivity (Wildman–Crippen MR) is 78.2 cm³/mol. The van der Waals surface area contributed by atoms with Crippen molar-refractivity contribution in [2.24, 2.45) is 10.8 Å². The molecule has 0 aliphatic heterocycles. The van der Waals surface area contributed by atoms with Gasteiger partial charge in [0.15, 0.2) is 5.84 Å². The molecule has 1 rings (SSSR count). The van der Waals surface area contributed by atoms with Gasteiger partial charge in [0.2, 0.25) is 15.7 Å². The van der Waals surface area contributed by atoms with Gasteiger partial charge in [0, 0.05) is 5.69 Å². The van der Waals surface area contributed by atoms with Crippen LogP contribution in [0.3, 0.4) is 0 Å². The monoisotopic (exact) mass is 294 g/mol. The van der Waals surface area contributed by atoms with Gasteiger partial charge in [-0.2, -0.15) is 10.4 Å². The lowest BCUT2D eigenvalue weighted by molar-refractivity contribution is 0.607. The van der Waals surface area contributed by atoms with Crippen molar-refractivity contribution < 1.29 is 8.42 Å². The van der Waals surface area contributed by atoms with E-state index < -0.39 is 15.9 Å². The summed E-state index contributed by atoms with van der Waals surface area (Å²) in [4.78, 5) is 0. The maximum atomic E-state index is 11.1. The van der Waals surface area contributed by atoms with E-state index in [0.29, 0.717) is 16.9 Å². The highest BCUT2D eigenvalue weighted by atomic mass is 32.2. The molecular formula is C11H14N6O2S. The van der Waals surface area contributed by atoms with Gasteiger partial charge in [-0.05, 0) is 30.7 Å². The molecule has 0 saturated carbocycles. The fourth-order valence-corrected chi connectivity index (χ4v) is 1.88. The zero-order valence-corrected chi connectivity index (χ0v) is 11.7. The van der Waals surface area contributed by atoms with Crippen LogP contribution in [0.5, 0.6) is 0 Å². The van der Waals surface area contributed by atoms with Gasteiger partial charge in [0.25, 0.3) is 0 Å². The van der Waals surface area contributed by atoms with Crippen LogP contribution in [0.4, 0.5) is 11.4 Å². The van der Waals surface area contributed by atoms with Crippen LogP contribution in [0.25, 0.3) is 0 Å². The maximum Gasteiger partial charge on any atom is 0.229 e. The number of aryl methyl sites for hydroxylation is 1. The van der Waals surface area contributed by atoms with E-state index in [-0.39, 0.29) is 5.71 Å². The van der Waals surface area contributed by atoms with Gasteiger partial charge in [-0.25, -0.2) is 8.42 Å². The Morgan fingerprint density at radius 1 is 1.50 bits per heavy atom. The summed E-state index contributed by atoms with van der Waals surface area (Å²) in [5.74, 6) is -0.437. The summed E-state index contributed by atoms with van der Waals surface area (Å²) in [5, 5.41) is 19.5. The second kappa shape index (κ2) is 6.03. The van der Waals surface area contributed by atoms with Crippen molar-refractivity contribution in [3.63, 3.8) is 0 Å². The second-order valence-electron chi connectivity index (χ2n) is 4.00. The van der Waals surface area contributed by atoms with E-state index in [2.05, 4.69) is 15.2 Å². The van der Waals surface area contributed by atoms with Crippen LogP contribution in [-0.2, 0) is 10.0 Å². The topological polar surface area (TPSA) is 144 Å². The largest absolute Gasteiger partial charge is 0.382 e. The minimum atomic E-state index is -3.33. The summed E-state index contributed by atoms with van der Waals surface area (Å²) in [6.45, 7) is 1.74. The minimum absolute atomic E-state index is 0.234. The zero-order valence-electron chi connectivity index (χ0n) is 10.9. The lowest BCUT2D eigenvalue weighted by Gasteiger charge is -2.09. The van der Waals surface area contributed by atoms with Crippen molar-refractivity contribution in [1.29, 1.82) is 10.7 Å². The molecule has 0 radical (unpaired) electrons. The van der Waals surface area contributed by atoms with Gasteiger partial charge in [-0.15, -0.1) is 0 Å². The molecule has 106 valence electrons. The molecule has 0 atom stereocenters. The fraction of sp³-hybridized carbons (Fsp3) is 0.182. The number of sulfonamides is 1.